The van der Waals surface area contributed by atoms with Crippen molar-refractivity contribution in [2.45, 2.75) is 45.1 Å². The number of hydrogen-bond donors (Lipinski definition) is 1. The molecular weight excluding hydrogens is 210 g/mol. The normalized spacial score (nSPS) is 22.2. The molecule has 0 amide bonds. The van der Waals surface area contributed by atoms with Gasteiger partial charge in [-0.25, -0.2) is 0 Å². The van der Waals surface area contributed by atoms with Crippen LogP contribution < -0.4 is 5.32 Å². The Morgan fingerprint density at radius 3 is 2.76 bits per heavy atom. The van der Waals surface area contributed by atoms with Crippen molar-refractivity contribution in [2.75, 3.05) is 46.8 Å². The molecule has 0 bridgehead atoms. The summed E-state index contributed by atoms with van der Waals surface area (Å²) < 4.78 is 0. The smallest absolute Gasteiger partial charge is 0.0217 e. The second kappa shape index (κ2) is 8.90. The molecule has 1 fully saturated rings. The van der Waals surface area contributed by atoms with E-state index in [1.807, 2.05) is 0 Å². The van der Waals surface area contributed by atoms with Gasteiger partial charge in [-0.05, 0) is 66.0 Å². The van der Waals surface area contributed by atoms with E-state index < -0.39 is 0 Å². The quantitative estimate of drug-likeness (QED) is 0.654. The molecule has 1 N–H and O–H groups in total. The lowest BCUT2D eigenvalue weighted by atomic mass is 10.0. The minimum Gasteiger partial charge on any atom is -0.317 e. The molecule has 0 saturated carbocycles. The van der Waals surface area contributed by atoms with Gasteiger partial charge in [0.15, 0.2) is 0 Å². The van der Waals surface area contributed by atoms with Crippen molar-refractivity contribution in [1.29, 1.82) is 0 Å². The zero-order valence-corrected chi connectivity index (χ0v) is 12.0. The van der Waals surface area contributed by atoms with E-state index in [-0.39, 0.29) is 0 Å². The highest BCUT2D eigenvalue weighted by molar-refractivity contribution is 4.77. The van der Waals surface area contributed by atoms with Crippen LogP contribution in [0.25, 0.3) is 0 Å². The van der Waals surface area contributed by atoms with Gasteiger partial charge in [-0.1, -0.05) is 13.3 Å². The van der Waals surface area contributed by atoms with Gasteiger partial charge in [-0.15, -0.1) is 0 Å². The lowest BCUT2D eigenvalue weighted by Gasteiger charge is -2.36. The van der Waals surface area contributed by atoms with Crippen LogP contribution in [0.4, 0.5) is 0 Å². The molecule has 17 heavy (non-hydrogen) atoms. The lowest BCUT2D eigenvalue weighted by molar-refractivity contribution is 0.131. The third-order valence-electron chi connectivity index (χ3n) is 3.79. The first-order chi connectivity index (χ1) is 8.24. The van der Waals surface area contributed by atoms with Crippen molar-refractivity contribution in [3.63, 3.8) is 0 Å². The Hall–Kier alpha value is -0.120. The van der Waals surface area contributed by atoms with Crippen LogP contribution in [-0.4, -0.2) is 62.7 Å². The second-order valence-electron chi connectivity index (χ2n) is 5.47. The molecular formula is C14H31N3. The van der Waals surface area contributed by atoms with Gasteiger partial charge in [0, 0.05) is 12.6 Å². The SMILES string of the molecule is CCNCCCCCN1CCCC(N(C)C)C1. The maximum atomic E-state index is 3.39. The Morgan fingerprint density at radius 2 is 2.06 bits per heavy atom. The fourth-order valence-corrected chi connectivity index (χ4v) is 2.59. The zero-order chi connectivity index (χ0) is 12.5. The van der Waals surface area contributed by atoms with E-state index in [4.69, 9.17) is 0 Å². The molecule has 0 aliphatic carbocycles. The molecule has 3 nitrogen and oxygen atoms in total. The van der Waals surface area contributed by atoms with E-state index in [0.29, 0.717) is 0 Å². The zero-order valence-electron chi connectivity index (χ0n) is 12.0. The van der Waals surface area contributed by atoms with Crippen LogP contribution in [0.3, 0.4) is 0 Å². The molecule has 1 saturated heterocycles. The Bertz CT molecular complexity index is 182. The van der Waals surface area contributed by atoms with Crippen LogP contribution in [0.5, 0.6) is 0 Å². The molecule has 102 valence electrons. The Morgan fingerprint density at radius 1 is 1.24 bits per heavy atom. The highest BCUT2D eigenvalue weighted by atomic mass is 15.2. The van der Waals surface area contributed by atoms with Crippen molar-refractivity contribution in [3.05, 3.63) is 0 Å². The minimum atomic E-state index is 0.783. The van der Waals surface area contributed by atoms with E-state index in [2.05, 4.69) is 36.1 Å². The molecule has 0 spiro atoms. The van der Waals surface area contributed by atoms with Crippen molar-refractivity contribution < 1.29 is 0 Å². The molecule has 1 aliphatic heterocycles. The fourth-order valence-electron chi connectivity index (χ4n) is 2.59. The number of nitrogens with zero attached hydrogens (tertiary/aromatic N) is 2. The van der Waals surface area contributed by atoms with Crippen molar-refractivity contribution in [3.8, 4) is 0 Å². The average molecular weight is 241 g/mol. The molecule has 1 unspecified atom stereocenters. The van der Waals surface area contributed by atoms with Crippen LogP contribution in [0.2, 0.25) is 0 Å². The number of piperidine rings is 1. The molecule has 0 aromatic rings. The number of nitrogens with one attached hydrogen (secondary N) is 1. The summed E-state index contributed by atoms with van der Waals surface area (Å²) in [6.45, 7) is 8.37. The number of likely N-dealkylation sites (tertiary alicyclic amines) is 1. The van der Waals surface area contributed by atoms with Crippen molar-refractivity contribution >= 4 is 0 Å². The summed E-state index contributed by atoms with van der Waals surface area (Å²) in [7, 11) is 4.43. The van der Waals surface area contributed by atoms with Gasteiger partial charge in [0.25, 0.3) is 0 Å². The summed E-state index contributed by atoms with van der Waals surface area (Å²) in [4.78, 5) is 5.04. The van der Waals surface area contributed by atoms with Crippen molar-refractivity contribution in [1.82, 2.24) is 15.1 Å². The topological polar surface area (TPSA) is 18.5 Å². The van der Waals surface area contributed by atoms with Crippen LogP contribution >= 0.6 is 0 Å². The molecule has 0 aromatic heterocycles. The van der Waals surface area contributed by atoms with Gasteiger partial charge in [0.2, 0.25) is 0 Å². The molecule has 1 atom stereocenters. The Kier molecular flexibility index (Phi) is 7.82. The van der Waals surface area contributed by atoms with Gasteiger partial charge >= 0.3 is 0 Å². The molecule has 0 radical (unpaired) electrons. The van der Waals surface area contributed by atoms with Gasteiger partial charge in [0.1, 0.15) is 0 Å². The van der Waals surface area contributed by atoms with E-state index in [9.17, 15) is 0 Å². The second-order valence-corrected chi connectivity index (χ2v) is 5.47. The van der Waals surface area contributed by atoms with E-state index >= 15 is 0 Å². The molecule has 1 aliphatic rings. The highest BCUT2D eigenvalue weighted by Crippen LogP contribution is 2.14. The van der Waals surface area contributed by atoms with Crippen molar-refractivity contribution in [2.24, 2.45) is 0 Å². The third-order valence-corrected chi connectivity index (χ3v) is 3.79. The summed E-state index contributed by atoms with van der Waals surface area (Å²) in [6.07, 6.45) is 6.82. The van der Waals surface area contributed by atoms with Gasteiger partial charge in [0.05, 0.1) is 0 Å². The molecule has 3 heteroatoms. The highest BCUT2D eigenvalue weighted by Gasteiger charge is 2.20. The number of likely N-dealkylation sites (N-methyl/N-ethyl adjacent to an activating group) is 1. The summed E-state index contributed by atoms with van der Waals surface area (Å²) in [5, 5.41) is 3.39. The maximum Gasteiger partial charge on any atom is 0.0217 e. The van der Waals surface area contributed by atoms with Crippen LogP contribution in [0.15, 0.2) is 0 Å². The van der Waals surface area contributed by atoms with Gasteiger partial charge in [-0.2, -0.15) is 0 Å². The Balaban J connectivity index is 2.02. The number of rotatable bonds is 8. The molecule has 0 aromatic carbocycles. The molecule has 1 heterocycles. The largest absolute Gasteiger partial charge is 0.317 e. The van der Waals surface area contributed by atoms with E-state index in [1.54, 1.807) is 0 Å². The van der Waals surface area contributed by atoms with Crippen LogP contribution in [0, 0.1) is 0 Å². The number of unbranched alkanes of at least 4 members (excludes halogenated alkanes) is 2. The summed E-state index contributed by atoms with van der Waals surface area (Å²) in [5.74, 6) is 0. The molecule has 1 rings (SSSR count). The monoisotopic (exact) mass is 241 g/mol. The van der Waals surface area contributed by atoms with Crippen LogP contribution in [-0.2, 0) is 0 Å². The van der Waals surface area contributed by atoms with E-state index in [0.717, 1.165) is 12.6 Å². The number of hydrogen-bond acceptors (Lipinski definition) is 3. The minimum absolute atomic E-state index is 0.783. The first kappa shape index (κ1) is 14.9. The third kappa shape index (κ3) is 6.39. The Labute approximate surface area is 108 Å². The lowest BCUT2D eigenvalue weighted by Crippen LogP contribution is -2.45. The predicted molar refractivity (Wildman–Crippen MR) is 75.5 cm³/mol. The maximum absolute atomic E-state index is 3.39. The first-order valence-corrected chi connectivity index (χ1v) is 7.33. The summed E-state index contributed by atoms with van der Waals surface area (Å²) in [6, 6.07) is 0.783. The standard InChI is InChI=1S/C14H31N3/c1-4-15-10-6-5-7-11-17-12-8-9-14(13-17)16(2)3/h14-15H,4-13H2,1-3H3. The summed E-state index contributed by atoms with van der Waals surface area (Å²) >= 11 is 0. The predicted octanol–water partition coefficient (Wildman–Crippen LogP) is 1.79. The van der Waals surface area contributed by atoms with Crippen LogP contribution in [0.1, 0.15) is 39.0 Å². The fraction of sp³-hybridized carbons (Fsp3) is 1.00. The summed E-state index contributed by atoms with van der Waals surface area (Å²) in [5.41, 5.74) is 0. The van der Waals surface area contributed by atoms with Gasteiger partial charge < -0.3 is 15.1 Å². The average Bonchev–Trinajstić information content (AvgIpc) is 2.34. The van der Waals surface area contributed by atoms with E-state index in [1.165, 1.54) is 58.3 Å². The first-order valence-electron chi connectivity index (χ1n) is 7.33. The van der Waals surface area contributed by atoms with Gasteiger partial charge in [-0.3, -0.25) is 0 Å².